The third-order valence-electron chi connectivity index (χ3n) is 11.7. The highest BCUT2D eigenvalue weighted by atomic mass is 15.1. The number of benzene rings is 6. The number of hydrogen-bond acceptors (Lipinski definition) is 1. The van der Waals surface area contributed by atoms with E-state index < -0.39 is 0 Å². The molecule has 8 rings (SSSR count). The van der Waals surface area contributed by atoms with Gasteiger partial charge >= 0.3 is 0 Å². The average molecular weight is 640 g/mol. The molecule has 0 radical (unpaired) electrons. The molecule has 0 saturated heterocycles. The fraction of sp³-hybridized carbons (Fsp3) is 0.292. The lowest BCUT2D eigenvalue weighted by atomic mass is 9.67. The molecule has 0 N–H and O–H groups in total. The van der Waals surface area contributed by atoms with Crippen LogP contribution in [0.2, 0.25) is 0 Å². The molecular formula is C48H49N. The van der Waals surface area contributed by atoms with Crippen LogP contribution in [0.4, 0.5) is 17.1 Å². The van der Waals surface area contributed by atoms with E-state index in [-0.39, 0.29) is 5.41 Å². The van der Waals surface area contributed by atoms with Crippen molar-refractivity contribution in [3.05, 3.63) is 162 Å². The molecule has 2 saturated carbocycles. The van der Waals surface area contributed by atoms with Gasteiger partial charge in [-0.25, -0.2) is 0 Å². The van der Waals surface area contributed by atoms with Crippen LogP contribution in [0.15, 0.2) is 146 Å². The Balaban J connectivity index is 1.18. The fourth-order valence-electron chi connectivity index (χ4n) is 8.99. The minimum atomic E-state index is 0.0762. The zero-order valence-corrected chi connectivity index (χ0v) is 28.9. The Morgan fingerprint density at radius 3 is 1.65 bits per heavy atom. The minimum Gasteiger partial charge on any atom is -0.311 e. The highest BCUT2D eigenvalue weighted by Crippen LogP contribution is 2.45. The predicted molar refractivity (Wildman–Crippen MR) is 209 cm³/mol. The van der Waals surface area contributed by atoms with Crippen LogP contribution in [0.3, 0.4) is 0 Å². The van der Waals surface area contributed by atoms with Crippen molar-refractivity contribution >= 4 is 27.8 Å². The maximum absolute atomic E-state index is 2.45. The quantitative estimate of drug-likeness (QED) is 0.168. The van der Waals surface area contributed by atoms with E-state index in [2.05, 4.69) is 150 Å². The van der Waals surface area contributed by atoms with E-state index in [0.29, 0.717) is 5.92 Å². The van der Waals surface area contributed by atoms with Gasteiger partial charge in [0.25, 0.3) is 0 Å². The Kier molecular flexibility index (Phi) is 9.34. The van der Waals surface area contributed by atoms with Crippen molar-refractivity contribution < 1.29 is 0 Å². The summed E-state index contributed by atoms with van der Waals surface area (Å²) in [7, 11) is 0. The van der Waals surface area contributed by atoms with Gasteiger partial charge in [-0.2, -0.15) is 0 Å². The summed E-state index contributed by atoms with van der Waals surface area (Å²) in [6.45, 7) is 0. The summed E-state index contributed by atoms with van der Waals surface area (Å²) >= 11 is 0. The SMILES string of the molecule is c1ccc(C2(c3ccc(N(c4ccc(-c5cccc6ccccc56)cc4)c4ccc(C5CCCCC5)cc4)cc3)CCCCCCC2)cc1. The van der Waals surface area contributed by atoms with E-state index >= 15 is 0 Å². The van der Waals surface area contributed by atoms with Crippen LogP contribution < -0.4 is 4.90 Å². The summed E-state index contributed by atoms with van der Waals surface area (Å²) in [5.41, 5.74) is 10.7. The highest BCUT2D eigenvalue weighted by Gasteiger charge is 2.34. The third-order valence-corrected chi connectivity index (χ3v) is 11.7. The molecule has 0 amide bonds. The number of rotatable bonds is 7. The van der Waals surface area contributed by atoms with Crippen LogP contribution in [-0.4, -0.2) is 0 Å². The molecule has 0 bridgehead atoms. The standard InChI is InChI=1S/C48H49N/c1-2-12-35-48(36-13-3-1,41-19-8-5-9-20-41)42-27-33-45(34-28-42)49(43-29-23-38(24-30-43)37-15-6-4-7-16-37)44-31-25-40(26-32-44)47-22-14-18-39-17-10-11-21-46(39)47/h5,8-11,14,17-34,37H,1-4,6-7,12-13,15-16,35-36H2. The molecule has 2 aliphatic carbocycles. The van der Waals surface area contributed by atoms with Gasteiger partial charge in [-0.3, -0.25) is 0 Å². The lowest BCUT2D eigenvalue weighted by Crippen LogP contribution is -2.29. The van der Waals surface area contributed by atoms with Gasteiger partial charge in [-0.15, -0.1) is 0 Å². The van der Waals surface area contributed by atoms with Crippen molar-refractivity contribution in [2.24, 2.45) is 0 Å². The van der Waals surface area contributed by atoms with Gasteiger partial charge in [0, 0.05) is 22.5 Å². The normalized spacial score (nSPS) is 16.9. The Bertz CT molecular complexity index is 1930. The molecule has 49 heavy (non-hydrogen) atoms. The zero-order chi connectivity index (χ0) is 32.9. The Labute approximate surface area is 293 Å². The van der Waals surface area contributed by atoms with Crippen molar-refractivity contribution in [1.82, 2.24) is 0 Å². The Morgan fingerprint density at radius 2 is 0.959 bits per heavy atom. The predicted octanol–water partition coefficient (Wildman–Crippen LogP) is 14.1. The smallest absolute Gasteiger partial charge is 0.0462 e. The van der Waals surface area contributed by atoms with E-state index in [1.807, 2.05) is 0 Å². The van der Waals surface area contributed by atoms with E-state index in [1.54, 1.807) is 0 Å². The molecule has 6 aromatic rings. The van der Waals surface area contributed by atoms with Crippen LogP contribution in [0, 0.1) is 0 Å². The van der Waals surface area contributed by atoms with Crippen molar-refractivity contribution in [2.75, 3.05) is 4.90 Å². The van der Waals surface area contributed by atoms with Gasteiger partial charge in [0.05, 0.1) is 0 Å². The summed E-state index contributed by atoms with van der Waals surface area (Å²) in [5, 5.41) is 2.58. The number of anilines is 3. The largest absolute Gasteiger partial charge is 0.311 e. The second kappa shape index (κ2) is 14.5. The van der Waals surface area contributed by atoms with Crippen molar-refractivity contribution in [2.45, 2.75) is 88.4 Å². The second-order valence-electron chi connectivity index (χ2n) is 14.6. The van der Waals surface area contributed by atoms with Gasteiger partial charge in [-0.1, -0.05) is 161 Å². The zero-order valence-electron chi connectivity index (χ0n) is 28.9. The molecule has 0 atom stereocenters. The second-order valence-corrected chi connectivity index (χ2v) is 14.6. The first-order valence-corrected chi connectivity index (χ1v) is 18.9. The molecule has 0 unspecified atom stereocenters. The summed E-state index contributed by atoms with van der Waals surface area (Å²) in [4.78, 5) is 2.45. The monoisotopic (exact) mass is 639 g/mol. The topological polar surface area (TPSA) is 3.24 Å². The third kappa shape index (κ3) is 6.56. The molecule has 6 aromatic carbocycles. The first-order chi connectivity index (χ1) is 24.3. The molecule has 2 fully saturated rings. The number of fused-ring (bicyclic) bond motifs is 1. The van der Waals surface area contributed by atoms with E-state index in [4.69, 9.17) is 0 Å². The van der Waals surface area contributed by atoms with Gasteiger partial charge in [0.15, 0.2) is 0 Å². The Hall–Kier alpha value is -4.62. The first-order valence-electron chi connectivity index (χ1n) is 18.9. The van der Waals surface area contributed by atoms with Crippen LogP contribution in [-0.2, 0) is 5.41 Å². The molecule has 0 aliphatic heterocycles. The first kappa shape index (κ1) is 31.6. The van der Waals surface area contributed by atoms with Crippen molar-refractivity contribution in [3.63, 3.8) is 0 Å². The van der Waals surface area contributed by atoms with E-state index in [0.717, 1.165) is 0 Å². The lowest BCUT2D eigenvalue weighted by Gasteiger charge is -2.37. The summed E-state index contributed by atoms with van der Waals surface area (Å²) < 4.78 is 0. The molecule has 0 spiro atoms. The molecule has 0 heterocycles. The molecule has 0 aromatic heterocycles. The van der Waals surface area contributed by atoms with E-state index in [1.165, 1.54) is 133 Å². The number of nitrogens with zero attached hydrogens (tertiary/aromatic N) is 1. The molecule has 2 aliphatic rings. The maximum Gasteiger partial charge on any atom is 0.0462 e. The fourth-order valence-corrected chi connectivity index (χ4v) is 8.99. The molecule has 1 heteroatoms. The number of hydrogen-bond donors (Lipinski definition) is 0. The molecule has 246 valence electrons. The van der Waals surface area contributed by atoms with Gasteiger partial charge < -0.3 is 4.90 Å². The van der Waals surface area contributed by atoms with Crippen molar-refractivity contribution in [1.29, 1.82) is 0 Å². The molecule has 1 nitrogen and oxygen atoms in total. The summed E-state index contributed by atoms with van der Waals surface area (Å²) in [5.74, 6) is 0.702. The van der Waals surface area contributed by atoms with Crippen LogP contribution in [0.5, 0.6) is 0 Å². The Morgan fingerprint density at radius 1 is 0.429 bits per heavy atom. The maximum atomic E-state index is 2.45. The minimum absolute atomic E-state index is 0.0762. The average Bonchev–Trinajstić information content (AvgIpc) is 3.17. The van der Waals surface area contributed by atoms with Crippen LogP contribution in [0.25, 0.3) is 21.9 Å². The van der Waals surface area contributed by atoms with Gasteiger partial charge in [-0.05, 0) is 107 Å². The summed E-state index contributed by atoms with van der Waals surface area (Å²) in [6, 6.07) is 55.0. The van der Waals surface area contributed by atoms with Crippen molar-refractivity contribution in [3.8, 4) is 11.1 Å². The lowest BCUT2D eigenvalue weighted by molar-refractivity contribution is 0.366. The van der Waals surface area contributed by atoms with Gasteiger partial charge in [0.1, 0.15) is 0 Å². The molecular weight excluding hydrogens is 591 g/mol. The highest BCUT2D eigenvalue weighted by molar-refractivity contribution is 5.97. The van der Waals surface area contributed by atoms with Gasteiger partial charge in [0.2, 0.25) is 0 Å². The van der Waals surface area contributed by atoms with E-state index in [9.17, 15) is 0 Å². The van der Waals surface area contributed by atoms with Crippen LogP contribution >= 0.6 is 0 Å². The summed E-state index contributed by atoms with van der Waals surface area (Å²) in [6.07, 6.45) is 15.8. The van der Waals surface area contributed by atoms with Crippen LogP contribution in [0.1, 0.15) is 99.7 Å².